The molecule has 5 heteroatoms. The van der Waals surface area contributed by atoms with Gasteiger partial charge in [-0.3, -0.25) is 4.90 Å². The highest BCUT2D eigenvalue weighted by atomic mass is 19.4. The molecule has 0 aliphatic heterocycles. The van der Waals surface area contributed by atoms with Crippen LogP contribution in [0.25, 0.3) is 0 Å². The van der Waals surface area contributed by atoms with Crippen LogP contribution in [0.4, 0.5) is 13.2 Å². The van der Waals surface area contributed by atoms with E-state index in [0.717, 1.165) is 49.5 Å². The second-order valence-corrected chi connectivity index (χ2v) is 14.4. The molecule has 244 valence electrons. The Hall–Kier alpha value is -1.49. The predicted molar refractivity (Wildman–Crippen MR) is 173 cm³/mol. The van der Waals surface area contributed by atoms with Gasteiger partial charge in [0.05, 0.1) is 17.9 Å². The van der Waals surface area contributed by atoms with Crippen molar-refractivity contribution in [2.45, 2.75) is 161 Å². The van der Waals surface area contributed by atoms with Crippen LogP contribution in [0.5, 0.6) is 0 Å². The maximum absolute atomic E-state index is 13.5. The molecule has 1 aromatic carbocycles. The van der Waals surface area contributed by atoms with Crippen molar-refractivity contribution in [1.29, 1.82) is 0 Å². The van der Waals surface area contributed by atoms with Crippen molar-refractivity contribution in [3.63, 3.8) is 0 Å². The minimum atomic E-state index is -4.31. The van der Waals surface area contributed by atoms with Crippen LogP contribution in [0.3, 0.4) is 0 Å². The monoisotopic (exact) mass is 603 g/mol. The molecule has 3 saturated carbocycles. The molecular weight excluding hydrogens is 543 g/mol. The van der Waals surface area contributed by atoms with E-state index in [0.29, 0.717) is 30.0 Å². The molecule has 1 aromatic rings. The summed E-state index contributed by atoms with van der Waals surface area (Å²) in [5.41, 5.74) is 1.04. The van der Waals surface area contributed by atoms with Crippen molar-refractivity contribution >= 4 is 0 Å². The van der Waals surface area contributed by atoms with Crippen LogP contribution in [0.2, 0.25) is 0 Å². The second kappa shape index (κ2) is 16.2. The van der Waals surface area contributed by atoms with Gasteiger partial charge in [-0.05, 0) is 119 Å². The van der Waals surface area contributed by atoms with E-state index < -0.39 is 11.7 Å². The first-order chi connectivity index (χ1) is 20.7. The molecule has 3 aliphatic carbocycles. The fourth-order valence-electron chi connectivity index (χ4n) is 9.35. The van der Waals surface area contributed by atoms with E-state index in [-0.39, 0.29) is 5.92 Å². The maximum Gasteiger partial charge on any atom is 0.416 e. The topological polar surface area (TPSA) is 12.5 Å². The van der Waals surface area contributed by atoms with E-state index in [9.17, 15) is 13.2 Å². The van der Waals surface area contributed by atoms with Gasteiger partial charge >= 0.3 is 6.18 Å². The minimum Gasteiger partial charge on any atom is -0.499 e. The molecule has 3 atom stereocenters. The summed E-state index contributed by atoms with van der Waals surface area (Å²) >= 11 is 0. The Kier molecular flexibility index (Phi) is 12.9. The van der Waals surface area contributed by atoms with Crippen LogP contribution in [0.1, 0.15) is 153 Å². The lowest BCUT2D eigenvalue weighted by Crippen LogP contribution is -2.51. The van der Waals surface area contributed by atoms with Crippen molar-refractivity contribution in [2.24, 2.45) is 17.3 Å². The normalized spacial score (nSPS) is 25.6. The van der Waals surface area contributed by atoms with E-state index in [2.05, 4.69) is 25.3 Å². The average Bonchev–Trinajstić information content (AvgIpc) is 2.99. The van der Waals surface area contributed by atoms with Crippen LogP contribution in [0, 0.1) is 17.3 Å². The van der Waals surface area contributed by atoms with Crippen LogP contribution in [-0.2, 0) is 10.9 Å². The molecule has 0 amide bonds. The SMILES string of the molecule is C=C(CC1CC[C@@H](N(CCC2CCCCC2)C2CCC(CCC)(CCC)CC2)[C@H](c2ccc(C(F)(F)F)cc2)C1)OCC. The van der Waals surface area contributed by atoms with Crippen LogP contribution in [0.15, 0.2) is 36.6 Å². The first-order valence-electron chi connectivity index (χ1n) is 17.9. The summed E-state index contributed by atoms with van der Waals surface area (Å²) in [6.07, 6.45) is 18.3. The first-order valence-corrected chi connectivity index (χ1v) is 17.9. The first kappa shape index (κ1) is 34.4. The molecule has 0 bridgehead atoms. The highest BCUT2D eigenvalue weighted by Crippen LogP contribution is 2.48. The average molecular weight is 604 g/mol. The fourth-order valence-corrected chi connectivity index (χ4v) is 9.35. The van der Waals surface area contributed by atoms with E-state index in [1.807, 2.05) is 6.92 Å². The Labute approximate surface area is 261 Å². The number of allylic oxidation sites excluding steroid dienone is 1. The molecule has 0 aromatic heterocycles. The number of nitrogens with zero attached hydrogens (tertiary/aromatic N) is 1. The molecule has 43 heavy (non-hydrogen) atoms. The van der Waals surface area contributed by atoms with Crippen LogP contribution < -0.4 is 0 Å². The number of rotatable bonds is 14. The summed E-state index contributed by atoms with van der Waals surface area (Å²) in [7, 11) is 0. The maximum atomic E-state index is 13.5. The van der Waals surface area contributed by atoms with Gasteiger partial charge in [-0.2, -0.15) is 13.2 Å². The second-order valence-electron chi connectivity index (χ2n) is 14.4. The Bertz CT molecular complexity index is 950. The Balaban J connectivity index is 1.60. The molecule has 0 spiro atoms. The zero-order valence-corrected chi connectivity index (χ0v) is 27.5. The lowest BCUT2D eigenvalue weighted by molar-refractivity contribution is -0.137. The molecule has 3 fully saturated rings. The van der Waals surface area contributed by atoms with Gasteiger partial charge in [-0.25, -0.2) is 0 Å². The van der Waals surface area contributed by atoms with Gasteiger partial charge < -0.3 is 4.74 Å². The Morgan fingerprint density at radius 1 is 0.884 bits per heavy atom. The lowest BCUT2D eigenvalue weighted by atomic mass is 9.66. The molecule has 0 heterocycles. The van der Waals surface area contributed by atoms with Gasteiger partial charge in [-0.1, -0.05) is 77.5 Å². The summed E-state index contributed by atoms with van der Waals surface area (Å²) in [5.74, 6) is 2.37. The summed E-state index contributed by atoms with van der Waals surface area (Å²) in [6, 6.07) is 7.16. The largest absolute Gasteiger partial charge is 0.499 e. The fraction of sp³-hybridized carbons (Fsp3) is 0.789. The van der Waals surface area contributed by atoms with E-state index >= 15 is 0 Å². The van der Waals surface area contributed by atoms with Crippen molar-refractivity contribution in [1.82, 2.24) is 4.90 Å². The molecule has 2 nitrogen and oxygen atoms in total. The number of benzene rings is 1. The minimum absolute atomic E-state index is 0.236. The molecule has 0 radical (unpaired) electrons. The zero-order chi connectivity index (χ0) is 30.9. The summed E-state index contributed by atoms with van der Waals surface area (Å²) in [6.45, 7) is 12.6. The van der Waals surface area contributed by atoms with Gasteiger partial charge in [-0.15, -0.1) is 0 Å². The van der Waals surface area contributed by atoms with Gasteiger partial charge in [0.25, 0.3) is 0 Å². The van der Waals surface area contributed by atoms with E-state index in [1.54, 1.807) is 12.1 Å². The summed E-state index contributed by atoms with van der Waals surface area (Å²) in [4.78, 5) is 2.91. The zero-order valence-electron chi connectivity index (χ0n) is 27.5. The third kappa shape index (κ3) is 9.50. The highest BCUT2D eigenvalue weighted by Gasteiger charge is 2.42. The smallest absolute Gasteiger partial charge is 0.416 e. The quantitative estimate of drug-likeness (QED) is 0.196. The van der Waals surface area contributed by atoms with Crippen molar-refractivity contribution < 1.29 is 17.9 Å². The van der Waals surface area contributed by atoms with Gasteiger partial charge in [0.1, 0.15) is 0 Å². The lowest BCUT2D eigenvalue weighted by Gasteiger charge is -2.50. The molecule has 3 aliphatic rings. The molecule has 0 N–H and O–H groups in total. The summed E-state index contributed by atoms with van der Waals surface area (Å²) in [5, 5.41) is 0. The Morgan fingerprint density at radius 2 is 1.53 bits per heavy atom. The van der Waals surface area contributed by atoms with Crippen molar-refractivity contribution in [3.05, 3.63) is 47.7 Å². The van der Waals surface area contributed by atoms with Crippen molar-refractivity contribution in [3.8, 4) is 0 Å². The number of halogens is 3. The standard InChI is InChI=1S/C38H60F3NO/c1-5-22-37(23-6-2)24-19-34(20-25-37)42(26-21-30-11-9-8-10-12-30)36-18-13-31(27-29(4)43-7-3)28-35(36)32-14-16-33(17-15-32)38(39,40)41/h14-17,30-31,34-36H,4-13,18-28H2,1-3H3/t31?,35-,36+/m0/s1. The van der Waals surface area contributed by atoms with Crippen molar-refractivity contribution in [2.75, 3.05) is 13.2 Å². The predicted octanol–water partition coefficient (Wildman–Crippen LogP) is 11.7. The third-order valence-electron chi connectivity index (χ3n) is 11.4. The van der Waals surface area contributed by atoms with Gasteiger partial charge in [0.2, 0.25) is 0 Å². The van der Waals surface area contributed by atoms with Gasteiger partial charge in [0.15, 0.2) is 0 Å². The molecule has 1 unspecified atom stereocenters. The van der Waals surface area contributed by atoms with Crippen LogP contribution in [-0.4, -0.2) is 30.1 Å². The molecule has 0 saturated heterocycles. The highest BCUT2D eigenvalue weighted by molar-refractivity contribution is 5.29. The molecule has 4 rings (SSSR count). The number of ether oxygens (including phenoxy) is 1. The number of hydrogen-bond donors (Lipinski definition) is 0. The van der Waals surface area contributed by atoms with E-state index in [4.69, 9.17) is 4.74 Å². The summed E-state index contributed by atoms with van der Waals surface area (Å²) < 4.78 is 46.3. The Morgan fingerprint density at radius 3 is 2.12 bits per heavy atom. The third-order valence-corrected chi connectivity index (χ3v) is 11.4. The molecular formula is C38H60F3NO. The van der Waals surface area contributed by atoms with Crippen LogP contribution >= 0.6 is 0 Å². The number of alkyl halides is 3. The van der Waals surface area contributed by atoms with Gasteiger partial charge in [0, 0.05) is 18.5 Å². The number of hydrogen-bond acceptors (Lipinski definition) is 2. The van der Waals surface area contributed by atoms with E-state index in [1.165, 1.54) is 102 Å².